The van der Waals surface area contributed by atoms with Gasteiger partial charge < -0.3 is 14.6 Å². The molecule has 1 heterocycles. The van der Waals surface area contributed by atoms with Crippen LogP contribution in [0.15, 0.2) is 23.8 Å². The summed E-state index contributed by atoms with van der Waals surface area (Å²) < 4.78 is 10.3. The van der Waals surface area contributed by atoms with Crippen molar-refractivity contribution in [3.05, 3.63) is 23.8 Å². The summed E-state index contributed by atoms with van der Waals surface area (Å²) in [5.74, 6) is -0.400. The Balaban J connectivity index is 1.92. The lowest BCUT2D eigenvalue weighted by Gasteiger charge is -2.27. The number of aliphatic hydroxyl groups is 1. The Morgan fingerprint density at radius 2 is 2.17 bits per heavy atom. The van der Waals surface area contributed by atoms with E-state index in [1.54, 1.807) is 32.8 Å². The third-order valence-corrected chi connectivity index (χ3v) is 3.60. The van der Waals surface area contributed by atoms with Crippen molar-refractivity contribution in [2.45, 2.75) is 45.2 Å². The highest BCUT2D eigenvalue weighted by atomic mass is 16.6. The number of hydrogen-bond donors (Lipinski definition) is 2. The molecule has 1 aliphatic heterocycles. The van der Waals surface area contributed by atoms with Gasteiger partial charge in [-0.2, -0.15) is 0 Å². The normalized spacial score (nSPS) is 25.0. The van der Waals surface area contributed by atoms with E-state index in [0.29, 0.717) is 6.54 Å². The predicted octanol–water partition coefficient (Wildman–Crippen LogP) is 0.748. The van der Waals surface area contributed by atoms with Gasteiger partial charge in [0.15, 0.2) is 0 Å². The number of carbonyl (C=O) groups excluding carboxylic acids is 2. The van der Waals surface area contributed by atoms with E-state index in [2.05, 4.69) is 5.43 Å². The van der Waals surface area contributed by atoms with Gasteiger partial charge in [-0.25, -0.2) is 20.1 Å². The van der Waals surface area contributed by atoms with Crippen LogP contribution in [0.2, 0.25) is 0 Å². The maximum Gasteiger partial charge on any atom is 0.426 e. The highest BCUT2D eigenvalue weighted by molar-refractivity contribution is 5.82. The van der Waals surface area contributed by atoms with Gasteiger partial charge in [0.05, 0.1) is 12.6 Å². The first-order chi connectivity index (χ1) is 11.2. The molecule has 2 atom stereocenters. The maximum absolute atomic E-state index is 12.0. The average molecular weight is 339 g/mol. The van der Waals surface area contributed by atoms with Gasteiger partial charge in [0.25, 0.3) is 5.91 Å². The SMILES string of the molecule is COC1C=CC(CN2CC(=O)N(NC(=O)OC(C)(C)C)C2O)=CC1. The van der Waals surface area contributed by atoms with E-state index in [4.69, 9.17) is 9.47 Å². The molecule has 0 aromatic rings. The molecule has 8 nitrogen and oxygen atoms in total. The van der Waals surface area contributed by atoms with Gasteiger partial charge in [-0.3, -0.25) is 4.79 Å². The smallest absolute Gasteiger partial charge is 0.426 e. The minimum Gasteiger partial charge on any atom is -0.443 e. The molecule has 0 aromatic heterocycles. The number of hydrazine groups is 1. The van der Waals surface area contributed by atoms with Crippen molar-refractivity contribution < 1.29 is 24.2 Å². The summed E-state index contributed by atoms with van der Waals surface area (Å²) in [5.41, 5.74) is 2.59. The summed E-state index contributed by atoms with van der Waals surface area (Å²) in [6.45, 7) is 5.56. The first-order valence-electron chi connectivity index (χ1n) is 7.83. The van der Waals surface area contributed by atoms with E-state index < -0.39 is 24.0 Å². The molecule has 0 spiro atoms. The summed E-state index contributed by atoms with van der Waals surface area (Å²) in [4.78, 5) is 25.4. The Morgan fingerprint density at radius 1 is 1.46 bits per heavy atom. The summed E-state index contributed by atoms with van der Waals surface area (Å²) >= 11 is 0. The number of methoxy groups -OCH3 is 1. The van der Waals surface area contributed by atoms with Crippen molar-refractivity contribution in [2.24, 2.45) is 0 Å². The topological polar surface area (TPSA) is 91.3 Å². The van der Waals surface area contributed by atoms with Crippen LogP contribution in [-0.2, 0) is 14.3 Å². The van der Waals surface area contributed by atoms with E-state index in [-0.39, 0.29) is 12.6 Å². The van der Waals surface area contributed by atoms with Crippen LogP contribution in [0.5, 0.6) is 0 Å². The molecule has 134 valence electrons. The highest BCUT2D eigenvalue weighted by Gasteiger charge is 2.38. The first kappa shape index (κ1) is 18.4. The largest absolute Gasteiger partial charge is 0.443 e. The quantitative estimate of drug-likeness (QED) is 0.785. The first-order valence-corrected chi connectivity index (χ1v) is 7.83. The zero-order valence-corrected chi connectivity index (χ0v) is 14.5. The van der Waals surface area contributed by atoms with Crippen LogP contribution in [0.1, 0.15) is 27.2 Å². The Hall–Kier alpha value is -1.90. The summed E-state index contributed by atoms with van der Waals surface area (Å²) in [7, 11) is 1.65. The molecule has 0 bridgehead atoms. The van der Waals surface area contributed by atoms with E-state index in [1.165, 1.54) is 0 Å². The Labute approximate surface area is 141 Å². The number of nitrogens with zero attached hydrogens (tertiary/aromatic N) is 2. The molecule has 2 aliphatic rings. The molecule has 24 heavy (non-hydrogen) atoms. The van der Waals surface area contributed by atoms with Gasteiger partial charge in [0, 0.05) is 13.7 Å². The van der Waals surface area contributed by atoms with Crippen LogP contribution in [-0.4, -0.2) is 65.3 Å². The predicted molar refractivity (Wildman–Crippen MR) is 86.4 cm³/mol. The van der Waals surface area contributed by atoms with Crippen molar-refractivity contribution in [3.63, 3.8) is 0 Å². The standard InChI is InChI=1S/C16H25N3O5/c1-16(2,3)24-14(21)17-19-13(20)10-18(15(19)22)9-11-5-7-12(23-4)8-6-11/h5-7,12,15,22H,8-10H2,1-4H3,(H,17,21). The zero-order chi connectivity index (χ0) is 17.9. The van der Waals surface area contributed by atoms with Crippen molar-refractivity contribution in [2.75, 3.05) is 20.2 Å². The molecule has 1 fully saturated rings. The van der Waals surface area contributed by atoms with E-state index in [0.717, 1.165) is 17.0 Å². The molecule has 1 aliphatic carbocycles. The summed E-state index contributed by atoms with van der Waals surface area (Å²) in [5, 5.41) is 11.2. The number of amides is 2. The average Bonchev–Trinajstić information content (AvgIpc) is 2.74. The van der Waals surface area contributed by atoms with Crippen LogP contribution in [0.3, 0.4) is 0 Å². The number of carbonyl (C=O) groups is 2. The third-order valence-electron chi connectivity index (χ3n) is 3.60. The molecular weight excluding hydrogens is 314 g/mol. The lowest BCUT2D eigenvalue weighted by molar-refractivity contribution is -0.140. The number of rotatable bonds is 4. The van der Waals surface area contributed by atoms with Gasteiger partial charge in [0.1, 0.15) is 5.60 Å². The fourth-order valence-electron chi connectivity index (χ4n) is 2.45. The van der Waals surface area contributed by atoms with Crippen molar-refractivity contribution in [1.82, 2.24) is 15.3 Å². The second kappa shape index (κ2) is 7.33. The molecule has 0 saturated carbocycles. The number of aliphatic hydroxyl groups excluding tert-OH is 1. The Bertz CT molecular complexity index is 552. The van der Waals surface area contributed by atoms with Gasteiger partial charge in [-0.05, 0) is 32.8 Å². The Kier molecular flexibility index (Phi) is 5.63. The zero-order valence-electron chi connectivity index (χ0n) is 14.5. The second-order valence-electron chi connectivity index (χ2n) is 6.78. The summed E-state index contributed by atoms with van der Waals surface area (Å²) in [6, 6.07) is 0. The molecule has 1 saturated heterocycles. The summed E-state index contributed by atoms with van der Waals surface area (Å²) in [6.07, 6.45) is 4.66. The molecule has 2 rings (SSSR count). The monoisotopic (exact) mass is 339 g/mol. The Morgan fingerprint density at radius 3 is 2.71 bits per heavy atom. The van der Waals surface area contributed by atoms with Crippen LogP contribution >= 0.6 is 0 Å². The number of nitrogens with one attached hydrogen (secondary N) is 1. The minimum absolute atomic E-state index is 0.00977. The molecule has 2 unspecified atom stereocenters. The highest BCUT2D eigenvalue weighted by Crippen LogP contribution is 2.18. The molecular formula is C16H25N3O5. The van der Waals surface area contributed by atoms with Gasteiger partial charge in [0.2, 0.25) is 6.35 Å². The lowest BCUT2D eigenvalue weighted by atomic mass is 10.0. The van der Waals surface area contributed by atoms with Gasteiger partial charge in [-0.1, -0.05) is 18.2 Å². The molecule has 8 heteroatoms. The molecule has 2 amide bonds. The van der Waals surface area contributed by atoms with Crippen molar-refractivity contribution in [1.29, 1.82) is 0 Å². The van der Waals surface area contributed by atoms with E-state index in [1.807, 2.05) is 18.2 Å². The van der Waals surface area contributed by atoms with Crippen LogP contribution in [0.4, 0.5) is 4.79 Å². The van der Waals surface area contributed by atoms with Crippen molar-refractivity contribution in [3.8, 4) is 0 Å². The lowest BCUT2D eigenvalue weighted by Crippen LogP contribution is -2.51. The van der Waals surface area contributed by atoms with Crippen LogP contribution in [0, 0.1) is 0 Å². The fraction of sp³-hybridized carbons (Fsp3) is 0.625. The van der Waals surface area contributed by atoms with Crippen molar-refractivity contribution >= 4 is 12.0 Å². The fourth-order valence-corrected chi connectivity index (χ4v) is 2.45. The van der Waals surface area contributed by atoms with E-state index >= 15 is 0 Å². The van der Waals surface area contributed by atoms with Gasteiger partial charge in [-0.15, -0.1) is 0 Å². The third kappa shape index (κ3) is 4.80. The second-order valence-corrected chi connectivity index (χ2v) is 6.78. The molecule has 0 radical (unpaired) electrons. The van der Waals surface area contributed by atoms with Gasteiger partial charge >= 0.3 is 6.09 Å². The minimum atomic E-state index is -1.24. The van der Waals surface area contributed by atoms with Crippen LogP contribution in [0.25, 0.3) is 0 Å². The van der Waals surface area contributed by atoms with E-state index in [9.17, 15) is 14.7 Å². The van der Waals surface area contributed by atoms with Crippen LogP contribution < -0.4 is 5.43 Å². The molecule has 0 aromatic carbocycles. The number of ether oxygens (including phenoxy) is 2. The molecule has 2 N–H and O–H groups in total. The maximum atomic E-state index is 12.0. The number of hydrogen-bond acceptors (Lipinski definition) is 6.